The number of carbonyl (C=O) groups is 2. The van der Waals surface area contributed by atoms with E-state index < -0.39 is 5.97 Å². The number of aromatic nitrogens is 1. The predicted octanol–water partition coefficient (Wildman–Crippen LogP) is 4.28. The van der Waals surface area contributed by atoms with Crippen LogP contribution in [0, 0.1) is 11.7 Å². The van der Waals surface area contributed by atoms with E-state index in [9.17, 15) is 14.0 Å². The van der Waals surface area contributed by atoms with Crippen molar-refractivity contribution in [3.63, 3.8) is 0 Å². The van der Waals surface area contributed by atoms with Gasteiger partial charge in [-0.25, -0.2) is 4.39 Å². The number of aromatic amines is 1. The fourth-order valence-corrected chi connectivity index (χ4v) is 4.20. The van der Waals surface area contributed by atoms with Gasteiger partial charge in [0.2, 0.25) is 5.91 Å². The number of nitrogens with one attached hydrogen (secondary N) is 2. The van der Waals surface area contributed by atoms with Crippen LogP contribution in [0.2, 0.25) is 0 Å². The Morgan fingerprint density at radius 2 is 1.86 bits per heavy atom. The van der Waals surface area contributed by atoms with Crippen molar-refractivity contribution in [1.29, 1.82) is 0 Å². The Kier molecular flexibility index (Phi) is 5.34. The number of benzene rings is 2. The van der Waals surface area contributed by atoms with Crippen LogP contribution in [0.25, 0.3) is 22.2 Å². The number of hydrogen-bond donors (Lipinski definition) is 3. The van der Waals surface area contributed by atoms with Gasteiger partial charge in [0.15, 0.2) is 0 Å². The van der Waals surface area contributed by atoms with E-state index in [0.29, 0.717) is 32.1 Å². The van der Waals surface area contributed by atoms with Crippen molar-refractivity contribution in [2.24, 2.45) is 5.92 Å². The lowest BCUT2D eigenvalue weighted by Crippen LogP contribution is -2.33. The van der Waals surface area contributed by atoms with Crippen LogP contribution < -0.4 is 5.32 Å². The fourth-order valence-electron chi connectivity index (χ4n) is 4.20. The van der Waals surface area contributed by atoms with Crippen molar-refractivity contribution in [3.05, 3.63) is 59.9 Å². The SMILES string of the molecule is O=C(CCc1c(-c2ccc(F)cc2)[nH]c2ccccc12)N[C@@H]1CC[C@H](C(=O)O)C1. The molecule has 150 valence electrons. The smallest absolute Gasteiger partial charge is 0.306 e. The zero-order valence-electron chi connectivity index (χ0n) is 16.0. The van der Waals surface area contributed by atoms with E-state index in [0.717, 1.165) is 27.7 Å². The van der Waals surface area contributed by atoms with E-state index in [2.05, 4.69) is 10.3 Å². The van der Waals surface area contributed by atoms with Crippen LogP contribution in [0.3, 0.4) is 0 Å². The molecule has 0 radical (unpaired) electrons. The van der Waals surface area contributed by atoms with E-state index in [4.69, 9.17) is 5.11 Å². The molecule has 0 bridgehead atoms. The molecular formula is C23H23FN2O3. The molecule has 3 N–H and O–H groups in total. The maximum Gasteiger partial charge on any atom is 0.306 e. The van der Waals surface area contributed by atoms with E-state index in [1.54, 1.807) is 12.1 Å². The third-order valence-electron chi connectivity index (χ3n) is 5.70. The molecular weight excluding hydrogens is 371 g/mol. The highest BCUT2D eigenvalue weighted by Crippen LogP contribution is 2.31. The second kappa shape index (κ2) is 8.07. The summed E-state index contributed by atoms with van der Waals surface area (Å²) in [6.07, 6.45) is 2.66. The number of aryl methyl sites for hydroxylation is 1. The minimum atomic E-state index is -0.788. The largest absolute Gasteiger partial charge is 0.481 e. The number of amides is 1. The van der Waals surface area contributed by atoms with Gasteiger partial charge in [-0.15, -0.1) is 0 Å². The fraction of sp³-hybridized carbons (Fsp3) is 0.304. The Balaban J connectivity index is 1.50. The Bertz CT molecular complexity index is 1040. The highest BCUT2D eigenvalue weighted by molar-refractivity contribution is 5.91. The topological polar surface area (TPSA) is 82.2 Å². The van der Waals surface area contributed by atoms with Crippen molar-refractivity contribution in [2.75, 3.05) is 0 Å². The lowest BCUT2D eigenvalue weighted by Gasteiger charge is -2.13. The maximum atomic E-state index is 13.3. The first kappa shape index (κ1) is 19.2. The molecule has 0 aliphatic heterocycles. The summed E-state index contributed by atoms with van der Waals surface area (Å²) in [4.78, 5) is 27.0. The molecule has 0 saturated heterocycles. The predicted molar refractivity (Wildman–Crippen MR) is 109 cm³/mol. The molecule has 1 amide bonds. The summed E-state index contributed by atoms with van der Waals surface area (Å²) < 4.78 is 13.3. The maximum absolute atomic E-state index is 13.3. The molecule has 1 aromatic heterocycles. The van der Waals surface area contributed by atoms with E-state index >= 15 is 0 Å². The molecule has 2 aromatic carbocycles. The monoisotopic (exact) mass is 394 g/mol. The summed E-state index contributed by atoms with van der Waals surface area (Å²) in [5.41, 5.74) is 3.77. The van der Waals surface area contributed by atoms with Crippen molar-refractivity contribution in [3.8, 4) is 11.3 Å². The molecule has 1 heterocycles. The molecule has 1 aliphatic carbocycles. The number of fused-ring (bicyclic) bond motifs is 1. The van der Waals surface area contributed by atoms with Gasteiger partial charge in [0.05, 0.1) is 5.92 Å². The molecule has 1 saturated carbocycles. The molecule has 0 spiro atoms. The van der Waals surface area contributed by atoms with Crippen molar-refractivity contribution < 1.29 is 19.1 Å². The number of aliphatic carboxylic acids is 1. The van der Waals surface area contributed by atoms with Gasteiger partial charge in [-0.2, -0.15) is 0 Å². The molecule has 1 aliphatic rings. The van der Waals surface area contributed by atoms with Crippen molar-refractivity contribution in [2.45, 2.75) is 38.1 Å². The molecule has 4 rings (SSSR count). The summed E-state index contributed by atoms with van der Waals surface area (Å²) in [5.74, 6) is -1.51. The molecule has 6 heteroatoms. The van der Waals surface area contributed by atoms with Crippen LogP contribution in [0.1, 0.15) is 31.2 Å². The zero-order chi connectivity index (χ0) is 20.4. The average Bonchev–Trinajstić information content (AvgIpc) is 3.32. The third kappa shape index (κ3) is 4.16. The summed E-state index contributed by atoms with van der Waals surface area (Å²) in [6, 6.07) is 14.1. The van der Waals surface area contributed by atoms with Crippen LogP contribution in [0.15, 0.2) is 48.5 Å². The number of carbonyl (C=O) groups excluding carboxylic acids is 1. The van der Waals surface area contributed by atoms with Crippen LogP contribution >= 0.6 is 0 Å². The second-order valence-corrected chi connectivity index (χ2v) is 7.64. The minimum absolute atomic E-state index is 0.0665. The standard InChI is InChI=1S/C23H23FN2O3/c24-16-8-5-14(6-9-16)22-19(18-3-1-2-4-20(18)26-22)11-12-21(27)25-17-10-7-15(13-17)23(28)29/h1-6,8-9,15,17,26H,7,10-13H2,(H,25,27)(H,28,29)/t15-,17+/m0/s1. The van der Waals surface area contributed by atoms with Gasteiger partial charge < -0.3 is 15.4 Å². The highest BCUT2D eigenvalue weighted by atomic mass is 19.1. The Morgan fingerprint density at radius 3 is 2.59 bits per heavy atom. The number of para-hydroxylation sites is 1. The minimum Gasteiger partial charge on any atom is -0.481 e. The third-order valence-corrected chi connectivity index (χ3v) is 5.70. The van der Waals surface area contributed by atoms with Gasteiger partial charge >= 0.3 is 5.97 Å². The molecule has 3 aromatic rings. The summed E-state index contributed by atoms with van der Waals surface area (Å²) in [7, 11) is 0. The molecule has 5 nitrogen and oxygen atoms in total. The molecule has 29 heavy (non-hydrogen) atoms. The number of halogens is 1. The van der Waals surface area contributed by atoms with Crippen LogP contribution in [-0.4, -0.2) is 28.0 Å². The highest BCUT2D eigenvalue weighted by Gasteiger charge is 2.30. The lowest BCUT2D eigenvalue weighted by atomic mass is 10.0. The van der Waals surface area contributed by atoms with Crippen molar-refractivity contribution in [1.82, 2.24) is 10.3 Å². The van der Waals surface area contributed by atoms with E-state index in [1.165, 1.54) is 12.1 Å². The summed E-state index contributed by atoms with van der Waals surface area (Å²) in [5, 5.41) is 13.1. The first-order valence-electron chi connectivity index (χ1n) is 9.89. The Morgan fingerprint density at radius 1 is 1.10 bits per heavy atom. The number of rotatable bonds is 6. The number of carboxylic acid groups (broad SMARTS) is 1. The number of hydrogen-bond acceptors (Lipinski definition) is 2. The second-order valence-electron chi connectivity index (χ2n) is 7.64. The lowest BCUT2D eigenvalue weighted by molar-refractivity contribution is -0.141. The first-order valence-corrected chi connectivity index (χ1v) is 9.89. The quantitative estimate of drug-likeness (QED) is 0.584. The Labute approximate surface area is 167 Å². The van der Waals surface area contributed by atoms with Crippen molar-refractivity contribution >= 4 is 22.8 Å². The van der Waals surface area contributed by atoms with E-state index in [1.807, 2.05) is 24.3 Å². The van der Waals surface area contributed by atoms with Gasteiger partial charge in [0, 0.05) is 29.1 Å². The molecule has 0 unspecified atom stereocenters. The van der Waals surface area contributed by atoms with Crippen LogP contribution in [0.4, 0.5) is 4.39 Å². The first-order chi connectivity index (χ1) is 14.0. The molecule has 2 atom stereocenters. The number of carboxylic acids is 1. The number of H-pyrrole nitrogens is 1. The van der Waals surface area contributed by atoms with Gasteiger partial charge in [-0.1, -0.05) is 18.2 Å². The zero-order valence-corrected chi connectivity index (χ0v) is 16.0. The summed E-state index contributed by atoms with van der Waals surface area (Å²) >= 11 is 0. The van der Waals surface area contributed by atoms with Crippen LogP contribution in [0.5, 0.6) is 0 Å². The summed E-state index contributed by atoms with van der Waals surface area (Å²) in [6.45, 7) is 0. The van der Waals surface area contributed by atoms with E-state index in [-0.39, 0.29) is 23.7 Å². The normalized spacial score (nSPS) is 18.8. The van der Waals surface area contributed by atoms with Gasteiger partial charge in [0.1, 0.15) is 5.82 Å². The van der Waals surface area contributed by atoms with Gasteiger partial charge in [-0.3, -0.25) is 9.59 Å². The van der Waals surface area contributed by atoms with Gasteiger partial charge in [-0.05, 0) is 67.1 Å². The molecule has 1 fully saturated rings. The van der Waals surface area contributed by atoms with Crippen LogP contribution in [-0.2, 0) is 16.0 Å². The van der Waals surface area contributed by atoms with Gasteiger partial charge in [0.25, 0.3) is 0 Å². The average molecular weight is 394 g/mol. The Hall–Kier alpha value is -3.15.